The fraction of sp³-hybridized carbons (Fsp3) is 0.538. The maximum absolute atomic E-state index is 5.86. The van der Waals surface area contributed by atoms with Gasteiger partial charge in [-0.1, -0.05) is 36.6 Å². The topological polar surface area (TPSA) is 38.0 Å². The largest absolute Gasteiger partial charge is 0.329 e. The second kappa shape index (κ2) is 5.67. The molecule has 1 aromatic carbocycles. The van der Waals surface area contributed by atoms with Gasteiger partial charge in [0.25, 0.3) is 0 Å². The lowest BCUT2D eigenvalue weighted by Crippen LogP contribution is -2.29. The first kappa shape index (κ1) is 11.9. The van der Waals surface area contributed by atoms with E-state index in [1.165, 1.54) is 24.8 Å². The Morgan fingerprint density at radius 1 is 1.31 bits per heavy atom. The van der Waals surface area contributed by atoms with Crippen LogP contribution in [0.2, 0.25) is 5.02 Å². The summed E-state index contributed by atoms with van der Waals surface area (Å²) in [4.78, 5) is 0. The lowest BCUT2D eigenvalue weighted by Gasteiger charge is -2.17. The second-order valence-corrected chi connectivity index (χ2v) is 4.96. The van der Waals surface area contributed by atoms with Crippen LogP contribution in [-0.4, -0.2) is 13.1 Å². The van der Waals surface area contributed by atoms with Crippen LogP contribution in [0, 0.1) is 5.92 Å². The molecule has 2 rings (SSSR count). The summed E-state index contributed by atoms with van der Waals surface area (Å²) < 4.78 is 0. The van der Waals surface area contributed by atoms with Crippen molar-refractivity contribution in [2.75, 3.05) is 13.1 Å². The molecule has 1 aliphatic rings. The first-order valence-electron chi connectivity index (χ1n) is 5.98. The van der Waals surface area contributed by atoms with E-state index in [2.05, 4.69) is 5.32 Å². The molecule has 1 saturated carbocycles. The van der Waals surface area contributed by atoms with Crippen molar-refractivity contribution in [2.45, 2.75) is 25.3 Å². The number of rotatable bonds is 6. The first-order chi connectivity index (χ1) is 7.79. The van der Waals surface area contributed by atoms with Crippen LogP contribution >= 0.6 is 11.6 Å². The van der Waals surface area contributed by atoms with Crippen molar-refractivity contribution in [3.8, 4) is 0 Å². The Labute approximate surface area is 102 Å². The van der Waals surface area contributed by atoms with E-state index in [9.17, 15) is 0 Å². The van der Waals surface area contributed by atoms with Gasteiger partial charge in [-0.05, 0) is 36.6 Å². The third-order valence-electron chi connectivity index (χ3n) is 3.15. The number of hydrogen-bond acceptors (Lipinski definition) is 2. The Hall–Kier alpha value is -0.570. The van der Waals surface area contributed by atoms with E-state index >= 15 is 0 Å². The smallest absolute Gasteiger partial charge is 0.0444 e. The number of halogens is 1. The van der Waals surface area contributed by atoms with E-state index in [0.29, 0.717) is 6.54 Å². The molecule has 16 heavy (non-hydrogen) atoms. The molecule has 1 aromatic rings. The summed E-state index contributed by atoms with van der Waals surface area (Å²) in [6, 6.07) is 8.19. The minimum Gasteiger partial charge on any atom is -0.329 e. The molecule has 0 saturated heterocycles. The Morgan fingerprint density at radius 2 is 2.00 bits per heavy atom. The third kappa shape index (κ3) is 3.48. The van der Waals surface area contributed by atoms with Crippen LogP contribution < -0.4 is 11.1 Å². The van der Waals surface area contributed by atoms with Crippen molar-refractivity contribution in [1.29, 1.82) is 0 Å². The molecule has 0 spiro atoms. The maximum atomic E-state index is 5.86. The molecule has 0 heterocycles. The highest BCUT2D eigenvalue weighted by atomic mass is 35.5. The minimum absolute atomic E-state index is 0.260. The van der Waals surface area contributed by atoms with Crippen molar-refractivity contribution >= 4 is 11.6 Å². The van der Waals surface area contributed by atoms with Crippen LogP contribution in [0.4, 0.5) is 0 Å². The van der Waals surface area contributed by atoms with Crippen LogP contribution in [0.1, 0.15) is 30.9 Å². The number of benzene rings is 1. The molecule has 0 aliphatic heterocycles. The fourth-order valence-electron chi connectivity index (χ4n) is 1.90. The van der Waals surface area contributed by atoms with Crippen molar-refractivity contribution in [3.63, 3.8) is 0 Å². The van der Waals surface area contributed by atoms with Crippen LogP contribution in [-0.2, 0) is 0 Å². The van der Waals surface area contributed by atoms with Gasteiger partial charge in [0.2, 0.25) is 0 Å². The highest BCUT2D eigenvalue weighted by Crippen LogP contribution is 2.31. The van der Waals surface area contributed by atoms with Gasteiger partial charge >= 0.3 is 0 Å². The molecule has 1 fully saturated rings. The molecule has 0 bridgehead atoms. The average Bonchev–Trinajstić information content (AvgIpc) is 3.10. The summed E-state index contributed by atoms with van der Waals surface area (Å²) in [5, 5.41) is 4.28. The molecule has 1 aliphatic carbocycles. The van der Waals surface area contributed by atoms with Crippen LogP contribution in [0.25, 0.3) is 0 Å². The first-order valence-corrected chi connectivity index (χ1v) is 6.36. The second-order valence-electron chi connectivity index (χ2n) is 4.53. The summed E-state index contributed by atoms with van der Waals surface area (Å²) >= 11 is 5.86. The molecule has 0 aromatic heterocycles. The van der Waals surface area contributed by atoms with Gasteiger partial charge < -0.3 is 11.1 Å². The minimum atomic E-state index is 0.260. The Balaban J connectivity index is 1.84. The van der Waals surface area contributed by atoms with Gasteiger partial charge in [0, 0.05) is 17.6 Å². The van der Waals surface area contributed by atoms with E-state index < -0.39 is 0 Å². The van der Waals surface area contributed by atoms with E-state index in [-0.39, 0.29) is 6.04 Å². The zero-order chi connectivity index (χ0) is 11.4. The molecular formula is C13H19ClN2. The SMILES string of the molecule is NCC(NCCC1CC1)c1ccc(Cl)cc1. The van der Waals surface area contributed by atoms with Crippen molar-refractivity contribution in [3.05, 3.63) is 34.9 Å². The van der Waals surface area contributed by atoms with Gasteiger partial charge in [-0.3, -0.25) is 0 Å². The lowest BCUT2D eigenvalue weighted by atomic mass is 10.1. The molecule has 2 nitrogen and oxygen atoms in total. The van der Waals surface area contributed by atoms with Crippen LogP contribution in [0.3, 0.4) is 0 Å². The van der Waals surface area contributed by atoms with Gasteiger partial charge in [0.05, 0.1) is 0 Å². The van der Waals surface area contributed by atoms with E-state index in [1.807, 2.05) is 24.3 Å². The van der Waals surface area contributed by atoms with Crippen molar-refractivity contribution < 1.29 is 0 Å². The summed E-state index contributed by atoms with van der Waals surface area (Å²) in [6.07, 6.45) is 4.11. The summed E-state index contributed by atoms with van der Waals surface area (Å²) in [5.74, 6) is 0.969. The van der Waals surface area contributed by atoms with Gasteiger partial charge in [-0.25, -0.2) is 0 Å². The normalized spacial score (nSPS) is 17.4. The molecule has 1 unspecified atom stereocenters. The average molecular weight is 239 g/mol. The Kier molecular flexibility index (Phi) is 4.22. The number of nitrogens with two attached hydrogens (primary N) is 1. The monoisotopic (exact) mass is 238 g/mol. The molecule has 88 valence electrons. The fourth-order valence-corrected chi connectivity index (χ4v) is 2.03. The van der Waals surface area contributed by atoms with Gasteiger partial charge in [-0.15, -0.1) is 0 Å². The van der Waals surface area contributed by atoms with Gasteiger partial charge in [-0.2, -0.15) is 0 Å². The summed E-state index contributed by atoms with van der Waals surface area (Å²) in [6.45, 7) is 1.70. The molecular weight excluding hydrogens is 220 g/mol. The number of hydrogen-bond donors (Lipinski definition) is 2. The Bertz CT molecular complexity index is 319. The van der Waals surface area contributed by atoms with E-state index in [0.717, 1.165) is 17.5 Å². The predicted octanol–water partition coefficient (Wildman–Crippen LogP) is 2.73. The lowest BCUT2D eigenvalue weighted by molar-refractivity contribution is 0.516. The zero-order valence-corrected chi connectivity index (χ0v) is 10.2. The molecule has 1 atom stereocenters. The quantitative estimate of drug-likeness (QED) is 0.800. The standard InChI is InChI=1S/C13H19ClN2/c14-12-5-3-11(4-6-12)13(9-15)16-8-7-10-1-2-10/h3-6,10,13,16H,1-2,7-9,15H2. The molecule has 3 N–H and O–H groups in total. The maximum Gasteiger partial charge on any atom is 0.0444 e. The van der Waals surface area contributed by atoms with Crippen LogP contribution in [0.15, 0.2) is 24.3 Å². The molecule has 0 radical (unpaired) electrons. The summed E-state index contributed by atoms with van der Waals surface area (Å²) in [5.41, 5.74) is 7.00. The Morgan fingerprint density at radius 3 is 2.56 bits per heavy atom. The zero-order valence-electron chi connectivity index (χ0n) is 9.45. The van der Waals surface area contributed by atoms with Crippen molar-refractivity contribution in [1.82, 2.24) is 5.32 Å². The van der Waals surface area contributed by atoms with Gasteiger partial charge in [0.15, 0.2) is 0 Å². The number of nitrogens with one attached hydrogen (secondary N) is 1. The molecule has 0 amide bonds. The predicted molar refractivity (Wildman–Crippen MR) is 68.6 cm³/mol. The van der Waals surface area contributed by atoms with E-state index in [1.54, 1.807) is 0 Å². The van der Waals surface area contributed by atoms with E-state index in [4.69, 9.17) is 17.3 Å². The third-order valence-corrected chi connectivity index (χ3v) is 3.40. The van der Waals surface area contributed by atoms with Gasteiger partial charge in [0.1, 0.15) is 0 Å². The van der Waals surface area contributed by atoms with Crippen LogP contribution in [0.5, 0.6) is 0 Å². The van der Waals surface area contributed by atoms with Crippen molar-refractivity contribution in [2.24, 2.45) is 11.7 Å². The highest BCUT2D eigenvalue weighted by molar-refractivity contribution is 6.30. The summed E-state index contributed by atoms with van der Waals surface area (Å²) in [7, 11) is 0. The highest BCUT2D eigenvalue weighted by Gasteiger charge is 2.20. The molecule has 3 heteroatoms.